The second kappa shape index (κ2) is 8.21. The molecule has 0 aliphatic carbocycles. The molecule has 1 heterocycles. The Bertz CT molecular complexity index is 785. The lowest BCUT2D eigenvalue weighted by Gasteiger charge is -2.16. The molecule has 0 saturated carbocycles. The van der Waals surface area contributed by atoms with E-state index in [1.807, 2.05) is 31.2 Å². The van der Waals surface area contributed by atoms with Crippen molar-refractivity contribution in [1.82, 2.24) is 5.32 Å². The molecule has 1 aliphatic heterocycles. The minimum atomic E-state index is -0.229. The van der Waals surface area contributed by atoms with Gasteiger partial charge in [0.25, 0.3) is 0 Å². The molecule has 1 N–H and O–H groups in total. The van der Waals surface area contributed by atoms with Crippen molar-refractivity contribution in [3.63, 3.8) is 0 Å². The van der Waals surface area contributed by atoms with Gasteiger partial charge in [-0.05, 0) is 42.3 Å². The Labute approximate surface area is 160 Å². The number of ether oxygens (including phenoxy) is 2. The average molecular weight is 398 g/mol. The smallest absolute Gasteiger partial charge is 0.233 e. The van der Waals surface area contributed by atoms with Gasteiger partial charge in [0.15, 0.2) is 11.5 Å². The van der Waals surface area contributed by atoms with Crippen LogP contribution in [0.15, 0.2) is 41.3 Å². The van der Waals surface area contributed by atoms with E-state index in [0.717, 1.165) is 16.2 Å². The molecule has 0 spiro atoms. The molecule has 1 unspecified atom stereocenters. The lowest BCUT2D eigenvalue weighted by Crippen LogP contribution is -2.31. The Morgan fingerprint density at radius 2 is 2.00 bits per heavy atom. The van der Waals surface area contributed by atoms with Gasteiger partial charge in [0.05, 0.1) is 10.3 Å². The van der Waals surface area contributed by atoms with Crippen LogP contribution in [0.3, 0.4) is 0 Å². The maximum Gasteiger partial charge on any atom is 0.233 e. The summed E-state index contributed by atoms with van der Waals surface area (Å²) in [6.07, 6.45) is 0.691. The van der Waals surface area contributed by atoms with E-state index >= 15 is 0 Å². The third-order valence-electron chi connectivity index (χ3n) is 3.73. The molecule has 7 heteroatoms. The Kier molecular flexibility index (Phi) is 5.99. The third kappa shape index (κ3) is 4.54. The van der Waals surface area contributed by atoms with Crippen LogP contribution in [0.1, 0.15) is 18.9 Å². The van der Waals surface area contributed by atoms with E-state index in [2.05, 4.69) is 5.32 Å². The monoisotopic (exact) mass is 397 g/mol. The number of rotatable bonds is 6. The number of amides is 1. The largest absolute Gasteiger partial charge is 0.454 e. The van der Waals surface area contributed by atoms with E-state index in [1.165, 1.54) is 11.8 Å². The number of fused-ring (bicyclic) bond motifs is 1. The van der Waals surface area contributed by atoms with Gasteiger partial charge in [-0.1, -0.05) is 36.2 Å². The zero-order chi connectivity index (χ0) is 17.8. The van der Waals surface area contributed by atoms with E-state index < -0.39 is 0 Å². The zero-order valence-corrected chi connectivity index (χ0v) is 15.9. The van der Waals surface area contributed by atoms with Gasteiger partial charge in [-0.2, -0.15) is 0 Å². The summed E-state index contributed by atoms with van der Waals surface area (Å²) in [6, 6.07) is 10.9. The van der Waals surface area contributed by atoms with E-state index in [9.17, 15) is 4.79 Å². The summed E-state index contributed by atoms with van der Waals surface area (Å²) >= 11 is 13.6. The predicted octanol–water partition coefficient (Wildman–Crippen LogP) is 4.91. The van der Waals surface area contributed by atoms with Gasteiger partial charge in [-0.3, -0.25) is 4.79 Å². The molecule has 0 fully saturated rings. The molecule has 2 aromatic rings. The van der Waals surface area contributed by atoms with Crippen molar-refractivity contribution in [3.05, 3.63) is 52.0 Å². The second-order valence-corrected chi connectivity index (χ2v) is 7.58. The van der Waals surface area contributed by atoms with Crippen LogP contribution in [0, 0.1) is 0 Å². The Morgan fingerprint density at radius 3 is 2.76 bits per heavy atom. The first kappa shape index (κ1) is 18.2. The van der Waals surface area contributed by atoms with Crippen LogP contribution in [-0.4, -0.2) is 18.0 Å². The van der Waals surface area contributed by atoms with Crippen LogP contribution >= 0.6 is 35.0 Å². The van der Waals surface area contributed by atoms with Gasteiger partial charge >= 0.3 is 0 Å². The van der Waals surface area contributed by atoms with E-state index in [4.69, 9.17) is 32.7 Å². The number of nitrogens with one attached hydrogen (secondary N) is 1. The highest BCUT2D eigenvalue weighted by Crippen LogP contribution is 2.34. The van der Waals surface area contributed by atoms with Gasteiger partial charge in [-0.25, -0.2) is 0 Å². The van der Waals surface area contributed by atoms with Gasteiger partial charge in [0.1, 0.15) is 0 Å². The topological polar surface area (TPSA) is 47.6 Å². The Hall–Kier alpha value is -1.56. The number of carbonyl (C=O) groups is 1. The quantitative estimate of drug-likeness (QED) is 0.703. The average Bonchev–Trinajstić information content (AvgIpc) is 3.07. The summed E-state index contributed by atoms with van der Waals surface area (Å²) < 4.78 is 10.6. The van der Waals surface area contributed by atoms with E-state index in [-0.39, 0.29) is 18.0 Å². The molecule has 2 aromatic carbocycles. The van der Waals surface area contributed by atoms with Crippen LogP contribution in [0.4, 0.5) is 0 Å². The van der Waals surface area contributed by atoms with E-state index in [0.29, 0.717) is 28.8 Å². The predicted molar refractivity (Wildman–Crippen MR) is 101 cm³/mol. The van der Waals surface area contributed by atoms with E-state index in [1.54, 1.807) is 12.1 Å². The van der Waals surface area contributed by atoms with Crippen LogP contribution in [0.25, 0.3) is 0 Å². The number of halogens is 2. The Balaban J connectivity index is 1.60. The maximum atomic E-state index is 12.5. The van der Waals surface area contributed by atoms with Crippen LogP contribution in [0.5, 0.6) is 11.5 Å². The fraction of sp³-hybridized carbons (Fsp3) is 0.278. The molecule has 0 radical (unpaired) electrons. The lowest BCUT2D eigenvalue weighted by atomic mass is 10.2. The molecular formula is C18H17Cl2NO3S. The maximum absolute atomic E-state index is 12.5. The highest BCUT2D eigenvalue weighted by atomic mass is 35.5. The molecular weight excluding hydrogens is 381 g/mol. The minimum absolute atomic E-state index is 0.0313. The Morgan fingerprint density at radius 1 is 1.20 bits per heavy atom. The molecule has 0 bridgehead atoms. The number of hydrogen-bond acceptors (Lipinski definition) is 4. The number of carbonyl (C=O) groups excluding carboxylic acids is 1. The number of benzene rings is 2. The highest BCUT2D eigenvalue weighted by Gasteiger charge is 2.20. The van der Waals surface area contributed by atoms with Gasteiger partial charge < -0.3 is 14.8 Å². The fourth-order valence-electron chi connectivity index (χ4n) is 2.40. The van der Waals surface area contributed by atoms with Gasteiger partial charge in [0.2, 0.25) is 12.7 Å². The molecule has 1 aliphatic rings. The van der Waals surface area contributed by atoms with Crippen molar-refractivity contribution < 1.29 is 14.3 Å². The molecule has 1 amide bonds. The first-order valence-electron chi connectivity index (χ1n) is 7.84. The number of hydrogen-bond donors (Lipinski definition) is 1. The molecule has 1 atom stereocenters. The third-order valence-corrected chi connectivity index (χ3v) is 5.83. The van der Waals surface area contributed by atoms with Crippen molar-refractivity contribution in [2.24, 2.45) is 0 Å². The standard InChI is InChI=1S/C18H17Cl2NO3S/c1-2-16(25-17-6-4-12(19)8-13(17)20)18(22)21-9-11-3-5-14-15(7-11)24-10-23-14/h3-8,16H,2,9-10H2,1H3,(H,21,22). The summed E-state index contributed by atoms with van der Waals surface area (Å²) in [7, 11) is 0. The van der Waals surface area contributed by atoms with Crippen molar-refractivity contribution in [1.29, 1.82) is 0 Å². The molecule has 0 aromatic heterocycles. The summed E-state index contributed by atoms with van der Waals surface area (Å²) in [5.74, 6) is 1.41. The molecule has 25 heavy (non-hydrogen) atoms. The number of thioether (sulfide) groups is 1. The van der Waals surface area contributed by atoms with Gasteiger partial charge in [-0.15, -0.1) is 11.8 Å². The van der Waals surface area contributed by atoms with Crippen LogP contribution < -0.4 is 14.8 Å². The lowest BCUT2D eigenvalue weighted by molar-refractivity contribution is -0.120. The zero-order valence-electron chi connectivity index (χ0n) is 13.6. The summed E-state index contributed by atoms with van der Waals surface area (Å²) in [6.45, 7) is 2.64. The molecule has 0 saturated heterocycles. The highest BCUT2D eigenvalue weighted by molar-refractivity contribution is 8.00. The second-order valence-electron chi connectivity index (χ2n) is 5.49. The minimum Gasteiger partial charge on any atom is -0.454 e. The molecule has 132 valence electrons. The van der Waals surface area contributed by atoms with Crippen LogP contribution in [-0.2, 0) is 11.3 Å². The summed E-state index contributed by atoms with van der Waals surface area (Å²) in [5.41, 5.74) is 0.960. The first-order valence-corrected chi connectivity index (χ1v) is 9.48. The van der Waals surface area contributed by atoms with Crippen molar-refractivity contribution >= 4 is 40.9 Å². The normalized spacial score (nSPS) is 13.6. The van der Waals surface area contributed by atoms with Crippen molar-refractivity contribution in [2.45, 2.75) is 30.0 Å². The summed E-state index contributed by atoms with van der Waals surface area (Å²) in [4.78, 5) is 13.4. The SMILES string of the molecule is CCC(Sc1ccc(Cl)cc1Cl)C(=O)NCc1ccc2c(c1)OCO2. The van der Waals surface area contributed by atoms with Crippen LogP contribution in [0.2, 0.25) is 10.0 Å². The fourth-order valence-corrected chi connectivity index (χ4v) is 3.92. The molecule has 4 nitrogen and oxygen atoms in total. The summed E-state index contributed by atoms with van der Waals surface area (Å²) in [5, 5.41) is 3.87. The van der Waals surface area contributed by atoms with Crippen molar-refractivity contribution in [2.75, 3.05) is 6.79 Å². The molecule has 3 rings (SSSR count). The van der Waals surface area contributed by atoms with Crippen molar-refractivity contribution in [3.8, 4) is 11.5 Å². The van der Waals surface area contributed by atoms with Gasteiger partial charge in [0, 0.05) is 16.5 Å². The first-order chi connectivity index (χ1) is 12.1.